The predicted octanol–water partition coefficient (Wildman–Crippen LogP) is 3.19. The molecule has 94 valence electrons. The number of benzene rings is 1. The largest absolute Gasteiger partial charge is 0.496 e. The summed E-state index contributed by atoms with van der Waals surface area (Å²) in [5, 5.41) is 10.4. The molecule has 0 radical (unpaired) electrons. The van der Waals surface area contributed by atoms with Crippen LogP contribution < -0.4 is 4.74 Å². The summed E-state index contributed by atoms with van der Waals surface area (Å²) in [5.74, 6) is 0.818. The molecule has 2 rings (SSSR count). The van der Waals surface area contributed by atoms with E-state index in [-0.39, 0.29) is 0 Å². The zero-order chi connectivity index (χ0) is 12.5. The lowest BCUT2D eigenvalue weighted by Crippen LogP contribution is -2.20. The number of ether oxygens (including phenoxy) is 1. The molecule has 1 aromatic rings. The van der Waals surface area contributed by atoms with E-state index < -0.39 is 5.60 Å². The van der Waals surface area contributed by atoms with Crippen molar-refractivity contribution in [2.75, 3.05) is 7.11 Å². The van der Waals surface area contributed by atoms with Gasteiger partial charge in [-0.2, -0.15) is 0 Å². The molecule has 1 aliphatic rings. The second-order valence-electron chi connectivity index (χ2n) is 5.40. The third-order valence-electron chi connectivity index (χ3n) is 3.58. The number of hydrogen-bond acceptors (Lipinski definition) is 2. The van der Waals surface area contributed by atoms with Gasteiger partial charge in [0.1, 0.15) is 5.75 Å². The lowest BCUT2D eigenvalue weighted by atomic mass is 9.87. The zero-order valence-corrected chi connectivity index (χ0v) is 11.0. The SMILES string of the molecule is COc1ccc2c(c1C(C)(C)O)CCCCC2. The van der Waals surface area contributed by atoms with Crippen LogP contribution >= 0.6 is 0 Å². The summed E-state index contributed by atoms with van der Waals surface area (Å²) < 4.78 is 5.42. The molecule has 1 N–H and O–H groups in total. The van der Waals surface area contributed by atoms with Crippen LogP contribution in [0.5, 0.6) is 5.75 Å². The van der Waals surface area contributed by atoms with Gasteiger partial charge in [-0.3, -0.25) is 0 Å². The molecular formula is C15H22O2. The van der Waals surface area contributed by atoms with Gasteiger partial charge in [-0.25, -0.2) is 0 Å². The Balaban J connectivity index is 2.59. The molecule has 0 heterocycles. The Kier molecular flexibility index (Phi) is 3.43. The second-order valence-corrected chi connectivity index (χ2v) is 5.40. The van der Waals surface area contributed by atoms with Crippen LogP contribution in [0.15, 0.2) is 12.1 Å². The van der Waals surface area contributed by atoms with E-state index in [9.17, 15) is 5.11 Å². The van der Waals surface area contributed by atoms with E-state index in [0.29, 0.717) is 0 Å². The molecule has 2 nitrogen and oxygen atoms in total. The van der Waals surface area contributed by atoms with Crippen LogP contribution in [0.4, 0.5) is 0 Å². The highest BCUT2D eigenvalue weighted by molar-refractivity contribution is 5.48. The standard InChI is InChI=1S/C15H22O2/c1-15(2,16)14-12-8-6-4-5-7-11(12)9-10-13(14)17-3/h9-10,16H,4-8H2,1-3H3. The summed E-state index contributed by atoms with van der Waals surface area (Å²) in [5.41, 5.74) is 2.86. The Morgan fingerprint density at radius 1 is 1.12 bits per heavy atom. The normalized spacial score (nSPS) is 16.2. The molecule has 0 spiro atoms. The van der Waals surface area contributed by atoms with Crippen LogP contribution in [0.25, 0.3) is 0 Å². The van der Waals surface area contributed by atoms with Gasteiger partial charge < -0.3 is 9.84 Å². The van der Waals surface area contributed by atoms with Crippen LogP contribution in [0.1, 0.15) is 49.8 Å². The Morgan fingerprint density at radius 2 is 1.82 bits per heavy atom. The number of fused-ring (bicyclic) bond motifs is 1. The van der Waals surface area contributed by atoms with Crippen molar-refractivity contribution < 1.29 is 9.84 Å². The summed E-state index contributed by atoms with van der Waals surface area (Å²) in [4.78, 5) is 0. The Bertz CT molecular complexity index is 402. The van der Waals surface area contributed by atoms with E-state index in [1.54, 1.807) is 7.11 Å². The number of aliphatic hydroxyl groups is 1. The minimum absolute atomic E-state index is 0.818. The summed E-state index contributed by atoms with van der Waals surface area (Å²) in [6.45, 7) is 3.69. The summed E-state index contributed by atoms with van der Waals surface area (Å²) >= 11 is 0. The third-order valence-corrected chi connectivity index (χ3v) is 3.58. The average molecular weight is 234 g/mol. The number of methoxy groups -OCH3 is 1. The molecule has 0 saturated heterocycles. The van der Waals surface area contributed by atoms with Crippen molar-refractivity contribution >= 4 is 0 Å². The van der Waals surface area contributed by atoms with Gasteiger partial charge in [-0.05, 0) is 56.7 Å². The maximum absolute atomic E-state index is 10.4. The quantitative estimate of drug-likeness (QED) is 0.796. The highest BCUT2D eigenvalue weighted by atomic mass is 16.5. The van der Waals surface area contributed by atoms with Crippen LogP contribution in [0.3, 0.4) is 0 Å². The third kappa shape index (κ3) is 2.47. The minimum Gasteiger partial charge on any atom is -0.496 e. The highest BCUT2D eigenvalue weighted by Crippen LogP contribution is 2.37. The first-order valence-corrected chi connectivity index (χ1v) is 6.45. The van der Waals surface area contributed by atoms with Crippen molar-refractivity contribution in [1.29, 1.82) is 0 Å². The highest BCUT2D eigenvalue weighted by Gasteiger charge is 2.26. The first kappa shape index (κ1) is 12.4. The fourth-order valence-electron chi connectivity index (χ4n) is 2.82. The van der Waals surface area contributed by atoms with Gasteiger partial charge in [0, 0.05) is 5.56 Å². The van der Waals surface area contributed by atoms with Gasteiger partial charge in [0.2, 0.25) is 0 Å². The zero-order valence-electron chi connectivity index (χ0n) is 11.0. The van der Waals surface area contributed by atoms with Gasteiger partial charge in [0.15, 0.2) is 0 Å². The van der Waals surface area contributed by atoms with E-state index >= 15 is 0 Å². The first-order chi connectivity index (χ1) is 8.04. The van der Waals surface area contributed by atoms with Crippen molar-refractivity contribution in [2.24, 2.45) is 0 Å². The van der Waals surface area contributed by atoms with Crippen LogP contribution in [-0.2, 0) is 18.4 Å². The van der Waals surface area contributed by atoms with Crippen molar-refractivity contribution in [3.05, 3.63) is 28.8 Å². The molecule has 0 bridgehead atoms. The molecule has 2 heteroatoms. The Morgan fingerprint density at radius 3 is 2.47 bits per heavy atom. The van der Waals surface area contributed by atoms with Gasteiger partial charge in [0.05, 0.1) is 12.7 Å². The summed E-state index contributed by atoms with van der Waals surface area (Å²) in [7, 11) is 1.67. The van der Waals surface area contributed by atoms with Gasteiger partial charge in [-0.15, -0.1) is 0 Å². The van der Waals surface area contributed by atoms with Crippen molar-refractivity contribution in [2.45, 2.75) is 51.6 Å². The number of aryl methyl sites for hydroxylation is 1. The number of hydrogen-bond donors (Lipinski definition) is 1. The average Bonchev–Trinajstić information content (AvgIpc) is 2.50. The molecule has 0 aliphatic heterocycles. The summed E-state index contributed by atoms with van der Waals surface area (Å²) in [6.07, 6.45) is 5.93. The van der Waals surface area contributed by atoms with Crippen LogP contribution in [0.2, 0.25) is 0 Å². The van der Waals surface area contributed by atoms with E-state index in [4.69, 9.17) is 4.74 Å². The Labute approximate surface area is 104 Å². The fraction of sp³-hybridized carbons (Fsp3) is 0.600. The molecule has 0 unspecified atom stereocenters. The van der Waals surface area contributed by atoms with E-state index in [1.807, 2.05) is 19.9 Å². The number of rotatable bonds is 2. The van der Waals surface area contributed by atoms with Crippen LogP contribution in [-0.4, -0.2) is 12.2 Å². The summed E-state index contributed by atoms with van der Waals surface area (Å²) in [6, 6.07) is 4.16. The van der Waals surface area contributed by atoms with E-state index in [2.05, 4.69) is 6.07 Å². The van der Waals surface area contributed by atoms with Crippen molar-refractivity contribution in [3.63, 3.8) is 0 Å². The van der Waals surface area contributed by atoms with E-state index in [1.165, 1.54) is 30.4 Å². The molecule has 1 aliphatic carbocycles. The molecule has 0 amide bonds. The first-order valence-electron chi connectivity index (χ1n) is 6.45. The van der Waals surface area contributed by atoms with Gasteiger partial charge in [-0.1, -0.05) is 12.5 Å². The molecule has 1 aromatic carbocycles. The fourth-order valence-corrected chi connectivity index (χ4v) is 2.82. The lowest BCUT2D eigenvalue weighted by molar-refractivity contribution is 0.0745. The van der Waals surface area contributed by atoms with Crippen molar-refractivity contribution in [3.8, 4) is 5.75 Å². The molecule has 0 fully saturated rings. The maximum Gasteiger partial charge on any atom is 0.125 e. The molecule has 17 heavy (non-hydrogen) atoms. The monoisotopic (exact) mass is 234 g/mol. The molecule has 0 aromatic heterocycles. The second kappa shape index (κ2) is 4.69. The lowest BCUT2D eigenvalue weighted by Gasteiger charge is -2.25. The molecule has 0 atom stereocenters. The van der Waals surface area contributed by atoms with E-state index in [0.717, 1.165) is 24.2 Å². The van der Waals surface area contributed by atoms with Crippen LogP contribution in [0, 0.1) is 0 Å². The van der Waals surface area contributed by atoms with Gasteiger partial charge >= 0.3 is 0 Å². The topological polar surface area (TPSA) is 29.5 Å². The Hall–Kier alpha value is -1.02. The van der Waals surface area contributed by atoms with Gasteiger partial charge in [0.25, 0.3) is 0 Å². The maximum atomic E-state index is 10.4. The smallest absolute Gasteiger partial charge is 0.125 e. The molecule has 0 saturated carbocycles. The molecular weight excluding hydrogens is 212 g/mol. The minimum atomic E-state index is -0.832. The predicted molar refractivity (Wildman–Crippen MR) is 69.5 cm³/mol. The van der Waals surface area contributed by atoms with Crippen molar-refractivity contribution in [1.82, 2.24) is 0 Å².